The molecule has 2 aliphatic heterocycles. The van der Waals surface area contributed by atoms with E-state index in [0.717, 1.165) is 32.7 Å². The molecule has 0 saturated carbocycles. The molecule has 0 aromatic heterocycles. The smallest absolute Gasteiger partial charge is 0.277 e. The minimum atomic E-state index is -0.233. The fraction of sp³-hybridized carbons (Fsp3) is 0.545. The highest BCUT2D eigenvalue weighted by Crippen LogP contribution is 2.36. The first-order valence-corrected chi connectivity index (χ1v) is 10.2. The molecule has 2 heterocycles. The molecular formula is C22H31N3O4. The molecule has 2 amide bonds. The van der Waals surface area contributed by atoms with Gasteiger partial charge in [-0.1, -0.05) is 26.8 Å². The van der Waals surface area contributed by atoms with Crippen LogP contribution in [0.4, 0.5) is 0 Å². The third-order valence-corrected chi connectivity index (χ3v) is 5.50. The van der Waals surface area contributed by atoms with Crippen LogP contribution in [0.25, 0.3) is 5.57 Å². The molecule has 0 N–H and O–H groups in total. The lowest BCUT2D eigenvalue weighted by molar-refractivity contribution is -0.138. The van der Waals surface area contributed by atoms with Crippen LogP contribution in [0, 0.1) is 5.92 Å². The van der Waals surface area contributed by atoms with Crippen LogP contribution in [0.15, 0.2) is 23.9 Å². The van der Waals surface area contributed by atoms with Gasteiger partial charge in [0.2, 0.25) is 0 Å². The zero-order valence-corrected chi connectivity index (χ0v) is 18.0. The minimum Gasteiger partial charge on any atom is -0.493 e. The van der Waals surface area contributed by atoms with E-state index in [9.17, 15) is 9.59 Å². The standard InChI is InChI=1S/C22H31N3O4/c1-6-23-9-11-24(12-10-23)20-19(21(26)25(22(20)27)14-15(2)3)16-7-8-17(28-4)18(13-16)29-5/h7-8,13,15H,6,9-12,14H2,1-5H3. The van der Waals surface area contributed by atoms with Gasteiger partial charge in [0.1, 0.15) is 5.70 Å². The summed E-state index contributed by atoms with van der Waals surface area (Å²) >= 11 is 0. The normalized spacial score (nSPS) is 18.3. The highest BCUT2D eigenvalue weighted by Gasteiger charge is 2.42. The quantitative estimate of drug-likeness (QED) is 0.652. The van der Waals surface area contributed by atoms with Gasteiger partial charge in [-0.3, -0.25) is 14.5 Å². The van der Waals surface area contributed by atoms with Crippen LogP contribution in [-0.2, 0) is 9.59 Å². The zero-order valence-electron chi connectivity index (χ0n) is 18.0. The van der Waals surface area contributed by atoms with Crippen molar-refractivity contribution >= 4 is 17.4 Å². The number of hydrogen-bond donors (Lipinski definition) is 0. The van der Waals surface area contributed by atoms with Crippen molar-refractivity contribution < 1.29 is 19.1 Å². The van der Waals surface area contributed by atoms with Gasteiger partial charge in [0.05, 0.1) is 19.8 Å². The van der Waals surface area contributed by atoms with Crippen LogP contribution >= 0.6 is 0 Å². The molecule has 0 atom stereocenters. The number of ether oxygens (including phenoxy) is 2. The van der Waals surface area contributed by atoms with Gasteiger partial charge >= 0.3 is 0 Å². The molecule has 2 aliphatic rings. The van der Waals surface area contributed by atoms with Gasteiger partial charge in [0.15, 0.2) is 11.5 Å². The number of imide groups is 1. The van der Waals surface area contributed by atoms with Crippen molar-refractivity contribution in [2.75, 3.05) is 53.5 Å². The van der Waals surface area contributed by atoms with E-state index in [1.165, 1.54) is 4.90 Å². The summed E-state index contributed by atoms with van der Waals surface area (Å²) in [6.07, 6.45) is 0. The molecule has 1 aromatic rings. The minimum absolute atomic E-state index is 0.196. The lowest BCUT2D eigenvalue weighted by Crippen LogP contribution is -2.47. The number of methoxy groups -OCH3 is 2. The van der Waals surface area contributed by atoms with E-state index < -0.39 is 0 Å². The SMILES string of the molecule is CCN1CCN(C2=C(c3ccc(OC)c(OC)c3)C(=O)N(CC(C)C)C2=O)CC1. The van der Waals surface area contributed by atoms with Gasteiger partial charge < -0.3 is 19.3 Å². The second kappa shape index (κ2) is 8.86. The third-order valence-electron chi connectivity index (χ3n) is 5.50. The second-order valence-corrected chi connectivity index (χ2v) is 7.83. The zero-order chi connectivity index (χ0) is 21.1. The Bertz CT molecular complexity index is 810. The molecule has 0 unspecified atom stereocenters. The molecule has 0 radical (unpaired) electrons. The van der Waals surface area contributed by atoms with Crippen molar-refractivity contribution in [2.45, 2.75) is 20.8 Å². The first kappa shape index (κ1) is 21.2. The average Bonchev–Trinajstić information content (AvgIpc) is 2.97. The monoisotopic (exact) mass is 401 g/mol. The lowest BCUT2D eigenvalue weighted by atomic mass is 10.0. The number of piperazine rings is 1. The number of likely N-dealkylation sites (N-methyl/N-ethyl adjacent to an activating group) is 1. The van der Waals surface area contributed by atoms with Crippen LogP contribution in [0.5, 0.6) is 11.5 Å². The average molecular weight is 402 g/mol. The number of benzene rings is 1. The molecule has 1 saturated heterocycles. The summed E-state index contributed by atoms with van der Waals surface area (Å²) in [6.45, 7) is 10.8. The maximum atomic E-state index is 13.3. The third kappa shape index (κ3) is 4.10. The van der Waals surface area contributed by atoms with Crippen molar-refractivity contribution in [1.29, 1.82) is 0 Å². The Morgan fingerprint density at radius 1 is 0.966 bits per heavy atom. The van der Waals surface area contributed by atoms with Crippen molar-refractivity contribution in [2.24, 2.45) is 5.92 Å². The summed E-state index contributed by atoms with van der Waals surface area (Å²) in [6, 6.07) is 5.38. The molecule has 1 fully saturated rings. The summed E-state index contributed by atoms with van der Waals surface area (Å²) in [5.41, 5.74) is 1.65. The largest absolute Gasteiger partial charge is 0.493 e. The second-order valence-electron chi connectivity index (χ2n) is 7.83. The van der Waals surface area contributed by atoms with Crippen LogP contribution in [0.1, 0.15) is 26.3 Å². The molecule has 158 valence electrons. The van der Waals surface area contributed by atoms with E-state index in [1.54, 1.807) is 26.4 Å². The topological polar surface area (TPSA) is 62.3 Å². The van der Waals surface area contributed by atoms with Crippen LogP contribution < -0.4 is 9.47 Å². The van der Waals surface area contributed by atoms with E-state index in [1.807, 2.05) is 19.9 Å². The van der Waals surface area contributed by atoms with E-state index >= 15 is 0 Å². The molecule has 1 aromatic carbocycles. The van der Waals surface area contributed by atoms with Crippen molar-refractivity contribution in [3.05, 3.63) is 29.5 Å². The fourth-order valence-electron chi connectivity index (χ4n) is 3.93. The molecule has 0 bridgehead atoms. The molecule has 0 aliphatic carbocycles. The Kier molecular flexibility index (Phi) is 6.47. The highest BCUT2D eigenvalue weighted by molar-refractivity contribution is 6.35. The van der Waals surface area contributed by atoms with Crippen LogP contribution in [-0.4, -0.2) is 80.0 Å². The maximum Gasteiger partial charge on any atom is 0.277 e. The van der Waals surface area contributed by atoms with Crippen molar-refractivity contribution in [1.82, 2.24) is 14.7 Å². The van der Waals surface area contributed by atoms with Crippen LogP contribution in [0.2, 0.25) is 0 Å². The van der Waals surface area contributed by atoms with E-state index in [4.69, 9.17) is 9.47 Å². The molecule has 0 spiro atoms. The number of rotatable bonds is 7. The predicted molar refractivity (Wildman–Crippen MR) is 112 cm³/mol. The highest BCUT2D eigenvalue weighted by atomic mass is 16.5. The first-order valence-electron chi connectivity index (χ1n) is 10.2. The van der Waals surface area contributed by atoms with Gasteiger partial charge in [0.25, 0.3) is 11.8 Å². The molecule has 7 nitrogen and oxygen atoms in total. The summed E-state index contributed by atoms with van der Waals surface area (Å²) < 4.78 is 10.7. The summed E-state index contributed by atoms with van der Waals surface area (Å²) in [5, 5.41) is 0. The van der Waals surface area contributed by atoms with E-state index in [2.05, 4.69) is 16.7 Å². The molecule has 7 heteroatoms. The number of carbonyl (C=O) groups excluding carboxylic acids is 2. The number of amides is 2. The Morgan fingerprint density at radius 3 is 2.17 bits per heavy atom. The first-order chi connectivity index (χ1) is 13.9. The Balaban J connectivity index is 2.05. The van der Waals surface area contributed by atoms with Gasteiger partial charge in [-0.2, -0.15) is 0 Å². The fourth-order valence-corrected chi connectivity index (χ4v) is 3.93. The maximum absolute atomic E-state index is 13.3. The summed E-state index contributed by atoms with van der Waals surface area (Å²) in [4.78, 5) is 32.4. The number of carbonyl (C=O) groups is 2. The van der Waals surface area contributed by atoms with Gasteiger partial charge in [-0.25, -0.2) is 0 Å². The summed E-state index contributed by atoms with van der Waals surface area (Å²) in [7, 11) is 3.14. The molecule has 3 rings (SSSR count). The van der Waals surface area contributed by atoms with Crippen LogP contribution in [0.3, 0.4) is 0 Å². The van der Waals surface area contributed by atoms with E-state index in [-0.39, 0.29) is 17.7 Å². The van der Waals surface area contributed by atoms with Gasteiger partial charge in [-0.05, 0) is 30.2 Å². The summed E-state index contributed by atoms with van der Waals surface area (Å²) in [5.74, 6) is 0.897. The van der Waals surface area contributed by atoms with E-state index in [0.29, 0.717) is 34.9 Å². The number of nitrogens with zero attached hydrogens (tertiary/aromatic N) is 3. The predicted octanol–water partition coefficient (Wildman–Crippen LogP) is 2.08. The van der Waals surface area contributed by atoms with Crippen molar-refractivity contribution in [3.8, 4) is 11.5 Å². The lowest BCUT2D eigenvalue weighted by Gasteiger charge is -2.36. The number of hydrogen-bond acceptors (Lipinski definition) is 6. The Labute approximate surface area is 172 Å². The molecule has 29 heavy (non-hydrogen) atoms. The molecular weight excluding hydrogens is 370 g/mol. The Hall–Kier alpha value is -2.54. The van der Waals surface area contributed by atoms with Gasteiger partial charge in [0, 0.05) is 32.7 Å². The van der Waals surface area contributed by atoms with Crippen molar-refractivity contribution in [3.63, 3.8) is 0 Å². The Morgan fingerprint density at radius 2 is 1.62 bits per heavy atom. The van der Waals surface area contributed by atoms with Gasteiger partial charge in [-0.15, -0.1) is 0 Å².